The summed E-state index contributed by atoms with van der Waals surface area (Å²) in [6.07, 6.45) is 3.79. The maximum absolute atomic E-state index is 4.05. The van der Waals surface area contributed by atoms with Crippen molar-refractivity contribution in [3.8, 4) is 0 Å². The van der Waals surface area contributed by atoms with E-state index in [9.17, 15) is 0 Å². The highest BCUT2D eigenvalue weighted by atomic mass is 15.2. The number of unbranched alkanes of at least 4 members (excludes halogenated alkanes) is 1. The molecule has 0 atom stereocenters. The van der Waals surface area contributed by atoms with Gasteiger partial charge >= 0.3 is 0 Å². The van der Waals surface area contributed by atoms with Gasteiger partial charge in [0.1, 0.15) is 5.82 Å². The number of nitrogens with one attached hydrogen (secondary N) is 1. The zero-order chi connectivity index (χ0) is 11.1. The summed E-state index contributed by atoms with van der Waals surface area (Å²) < 4.78 is 0. The molecule has 0 saturated heterocycles. The van der Waals surface area contributed by atoms with Crippen LogP contribution in [0.15, 0.2) is 12.1 Å². The third-order valence-corrected chi connectivity index (χ3v) is 2.31. The highest BCUT2D eigenvalue weighted by molar-refractivity contribution is 5.32. The van der Waals surface area contributed by atoms with E-state index in [4.69, 9.17) is 0 Å². The Kier molecular flexibility index (Phi) is 5.08. The van der Waals surface area contributed by atoms with Gasteiger partial charge < -0.3 is 5.32 Å². The van der Waals surface area contributed by atoms with Crippen molar-refractivity contribution in [2.45, 2.75) is 40.0 Å². The Morgan fingerprint density at radius 2 is 2.00 bits per heavy atom. The summed E-state index contributed by atoms with van der Waals surface area (Å²) in [5, 5.41) is 11.3. The van der Waals surface area contributed by atoms with Crippen LogP contribution >= 0.6 is 0 Å². The second kappa shape index (κ2) is 6.38. The van der Waals surface area contributed by atoms with Crippen molar-refractivity contribution >= 4 is 5.82 Å². The van der Waals surface area contributed by atoms with Gasteiger partial charge in [-0.3, -0.25) is 0 Å². The zero-order valence-corrected chi connectivity index (χ0v) is 9.95. The fraction of sp³-hybridized carbons (Fsp3) is 0.667. The molecule has 0 aliphatic heterocycles. The van der Waals surface area contributed by atoms with Crippen LogP contribution in [-0.2, 0) is 0 Å². The van der Waals surface area contributed by atoms with Crippen molar-refractivity contribution in [3.63, 3.8) is 0 Å². The van der Waals surface area contributed by atoms with Crippen molar-refractivity contribution in [1.82, 2.24) is 10.2 Å². The number of nitrogens with zero attached hydrogens (tertiary/aromatic N) is 2. The Hall–Kier alpha value is -1.12. The number of rotatable bonds is 6. The normalized spacial score (nSPS) is 10.7. The zero-order valence-electron chi connectivity index (χ0n) is 9.95. The predicted molar refractivity (Wildman–Crippen MR) is 63.9 cm³/mol. The average molecular weight is 207 g/mol. The van der Waals surface area contributed by atoms with E-state index in [1.807, 2.05) is 19.1 Å². The highest BCUT2D eigenvalue weighted by Crippen LogP contribution is 2.07. The lowest BCUT2D eigenvalue weighted by atomic mass is 10.1. The molecule has 15 heavy (non-hydrogen) atoms. The van der Waals surface area contributed by atoms with E-state index < -0.39 is 0 Å². The van der Waals surface area contributed by atoms with Crippen LogP contribution in [0.2, 0.25) is 0 Å². The summed E-state index contributed by atoms with van der Waals surface area (Å²) in [7, 11) is 0. The molecule has 0 aliphatic rings. The Bertz CT molecular complexity index is 267. The summed E-state index contributed by atoms with van der Waals surface area (Å²) in [6.45, 7) is 7.46. The molecule has 0 amide bonds. The van der Waals surface area contributed by atoms with Crippen LogP contribution in [0.25, 0.3) is 0 Å². The van der Waals surface area contributed by atoms with Gasteiger partial charge in [-0.05, 0) is 31.4 Å². The molecule has 0 aliphatic carbocycles. The fourth-order valence-corrected chi connectivity index (χ4v) is 1.39. The van der Waals surface area contributed by atoms with E-state index >= 15 is 0 Å². The highest BCUT2D eigenvalue weighted by Gasteiger charge is 1.95. The monoisotopic (exact) mass is 207 g/mol. The smallest absolute Gasteiger partial charge is 0.148 e. The molecular formula is C12H21N3. The van der Waals surface area contributed by atoms with E-state index in [-0.39, 0.29) is 0 Å². The minimum absolute atomic E-state index is 0.809. The SMILES string of the molecule is Cc1ccc(NCCCCC(C)C)nn1. The second-order valence-corrected chi connectivity index (χ2v) is 4.38. The summed E-state index contributed by atoms with van der Waals surface area (Å²) in [6, 6.07) is 3.95. The molecule has 1 N–H and O–H groups in total. The third kappa shape index (κ3) is 5.35. The average Bonchev–Trinajstić information content (AvgIpc) is 2.20. The van der Waals surface area contributed by atoms with Crippen LogP contribution in [0.3, 0.4) is 0 Å². The van der Waals surface area contributed by atoms with Crippen LogP contribution in [0.4, 0.5) is 5.82 Å². The number of aromatic nitrogens is 2. The lowest BCUT2D eigenvalue weighted by molar-refractivity contribution is 0.544. The topological polar surface area (TPSA) is 37.8 Å². The number of aryl methyl sites for hydroxylation is 1. The van der Waals surface area contributed by atoms with Gasteiger partial charge in [0.2, 0.25) is 0 Å². The van der Waals surface area contributed by atoms with Crippen LogP contribution in [-0.4, -0.2) is 16.7 Å². The van der Waals surface area contributed by atoms with Gasteiger partial charge in [-0.1, -0.05) is 26.7 Å². The predicted octanol–water partition coefficient (Wildman–Crippen LogP) is 3.02. The van der Waals surface area contributed by atoms with Crippen LogP contribution in [0.1, 0.15) is 38.8 Å². The van der Waals surface area contributed by atoms with E-state index in [0.29, 0.717) is 0 Å². The second-order valence-electron chi connectivity index (χ2n) is 4.38. The molecule has 0 radical (unpaired) electrons. The number of anilines is 1. The van der Waals surface area contributed by atoms with E-state index in [0.717, 1.165) is 24.0 Å². The number of hydrogen-bond donors (Lipinski definition) is 1. The molecule has 0 spiro atoms. The summed E-state index contributed by atoms with van der Waals surface area (Å²) in [5.74, 6) is 1.69. The standard InChI is InChI=1S/C12H21N3/c1-10(2)6-4-5-9-13-12-8-7-11(3)14-15-12/h7-8,10H,4-6,9H2,1-3H3,(H,13,15). The van der Waals surface area contributed by atoms with Crippen LogP contribution < -0.4 is 5.32 Å². The Morgan fingerprint density at radius 1 is 1.20 bits per heavy atom. The first kappa shape index (κ1) is 12.0. The molecule has 0 saturated carbocycles. The van der Waals surface area contributed by atoms with Crippen LogP contribution in [0, 0.1) is 12.8 Å². The van der Waals surface area contributed by atoms with Crippen molar-refractivity contribution in [2.75, 3.05) is 11.9 Å². The molecule has 0 unspecified atom stereocenters. The molecule has 1 heterocycles. The van der Waals surface area contributed by atoms with Gasteiger partial charge in [0.05, 0.1) is 5.69 Å². The Balaban J connectivity index is 2.12. The van der Waals surface area contributed by atoms with Crippen molar-refractivity contribution in [3.05, 3.63) is 17.8 Å². The Labute approximate surface area is 92.3 Å². The molecule has 1 aromatic heterocycles. The first-order valence-corrected chi connectivity index (χ1v) is 5.72. The summed E-state index contributed by atoms with van der Waals surface area (Å²) in [5.41, 5.74) is 0.959. The molecule has 0 fully saturated rings. The third-order valence-electron chi connectivity index (χ3n) is 2.31. The maximum Gasteiger partial charge on any atom is 0.148 e. The number of hydrogen-bond acceptors (Lipinski definition) is 3. The van der Waals surface area contributed by atoms with Gasteiger partial charge in [0.25, 0.3) is 0 Å². The molecule has 1 rings (SSSR count). The molecule has 0 bridgehead atoms. The fourth-order valence-electron chi connectivity index (χ4n) is 1.39. The molecule has 3 nitrogen and oxygen atoms in total. The summed E-state index contributed by atoms with van der Waals surface area (Å²) in [4.78, 5) is 0. The first-order chi connectivity index (χ1) is 7.18. The first-order valence-electron chi connectivity index (χ1n) is 5.72. The summed E-state index contributed by atoms with van der Waals surface area (Å²) >= 11 is 0. The van der Waals surface area contributed by atoms with E-state index in [2.05, 4.69) is 29.4 Å². The lowest BCUT2D eigenvalue weighted by Crippen LogP contribution is -2.04. The van der Waals surface area contributed by atoms with Gasteiger partial charge in [0, 0.05) is 6.54 Å². The van der Waals surface area contributed by atoms with E-state index in [1.165, 1.54) is 19.3 Å². The quantitative estimate of drug-likeness (QED) is 0.729. The maximum atomic E-state index is 4.05. The van der Waals surface area contributed by atoms with Crippen molar-refractivity contribution < 1.29 is 0 Å². The van der Waals surface area contributed by atoms with Gasteiger partial charge in [-0.25, -0.2) is 0 Å². The molecule has 1 aromatic rings. The molecule has 84 valence electrons. The van der Waals surface area contributed by atoms with Gasteiger partial charge in [-0.2, -0.15) is 5.10 Å². The van der Waals surface area contributed by atoms with E-state index in [1.54, 1.807) is 0 Å². The Morgan fingerprint density at radius 3 is 2.60 bits per heavy atom. The van der Waals surface area contributed by atoms with Crippen molar-refractivity contribution in [1.29, 1.82) is 0 Å². The van der Waals surface area contributed by atoms with Gasteiger partial charge in [-0.15, -0.1) is 5.10 Å². The van der Waals surface area contributed by atoms with Crippen LogP contribution in [0.5, 0.6) is 0 Å². The minimum atomic E-state index is 0.809. The van der Waals surface area contributed by atoms with Crippen molar-refractivity contribution in [2.24, 2.45) is 5.92 Å². The molecular weight excluding hydrogens is 186 g/mol. The molecule has 0 aromatic carbocycles. The largest absolute Gasteiger partial charge is 0.369 e. The molecule has 3 heteroatoms. The van der Waals surface area contributed by atoms with Gasteiger partial charge in [0.15, 0.2) is 0 Å². The lowest BCUT2D eigenvalue weighted by Gasteiger charge is -2.06. The minimum Gasteiger partial charge on any atom is -0.369 e.